The first-order valence-electron chi connectivity index (χ1n) is 7.96. The van der Waals surface area contributed by atoms with Gasteiger partial charge in [-0.2, -0.15) is 0 Å². The normalized spacial score (nSPS) is 17.2. The molecule has 1 aromatic carbocycles. The molecule has 0 bridgehead atoms. The third kappa shape index (κ3) is 4.81. The van der Waals surface area contributed by atoms with E-state index in [2.05, 4.69) is 9.46 Å². The quantitative estimate of drug-likeness (QED) is 0.755. The molecule has 0 saturated carbocycles. The Morgan fingerprint density at radius 1 is 1.35 bits per heavy atom. The summed E-state index contributed by atoms with van der Waals surface area (Å²) < 4.78 is 51.1. The molecule has 0 aromatic heterocycles. The molecule has 1 unspecified atom stereocenters. The minimum atomic E-state index is -4.05. The van der Waals surface area contributed by atoms with Gasteiger partial charge in [0, 0.05) is 6.92 Å². The number of ether oxygens (including phenoxy) is 2. The van der Waals surface area contributed by atoms with E-state index < -0.39 is 33.0 Å². The summed E-state index contributed by atoms with van der Waals surface area (Å²) in [7, 11) is -2.87. The third-order valence-electron chi connectivity index (χ3n) is 3.91. The van der Waals surface area contributed by atoms with Crippen LogP contribution in [0.4, 0.5) is 10.1 Å². The van der Waals surface area contributed by atoms with E-state index in [0.717, 1.165) is 6.07 Å². The average Bonchev–Trinajstić information content (AvgIpc) is 2.61. The van der Waals surface area contributed by atoms with Gasteiger partial charge >= 0.3 is 11.9 Å². The second kappa shape index (κ2) is 8.31. The molecular weight excluding hydrogens is 365 g/mol. The average molecular weight is 385 g/mol. The Morgan fingerprint density at radius 3 is 2.69 bits per heavy atom. The van der Waals surface area contributed by atoms with Crippen molar-refractivity contribution in [3.8, 4) is 0 Å². The molecule has 0 radical (unpaired) electrons. The Balaban J connectivity index is 2.20. The first-order valence-corrected chi connectivity index (χ1v) is 9.51. The summed E-state index contributed by atoms with van der Waals surface area (Å²) in [5, 5.41) is -1.11. The van der Waals surface area contributed by atoms with Crippen molar-refractivity contribution < 1.29 is 31.9 Å². The molecule has 7 nitrogen and oxygen atoms in total. The summed E-state index contributed by atoms with van der Waals surface area (Å²) in [6.45, 7) is 1.12. The van der Waals surface area contributed by atoms with Crippen molar-refractivity contribution in [3.05, 3.63) is 41.2 Å². The lowest BCUT2D eigenvalue weighted by molar-refractivity contribution is -0.142. The zero-order chi connectivity index (χ0) is 19.3. The van der Waals surface area contributed by atoms with E-state index in [0.29, 0.717) is 18.4 Å². The molecule has 142 valence electrons. The number of benzene rings is 1. The van der Waals surface area contributed by atoms with E-state index in [1.165, 1.54) is 32.2 Å². The molecule has 0 amide bonds. The van der Waals surface area contributed by atoms with Crippen LogP contribution in [0.15, 0.2) is 29.8 Å². The number of carbonyl (C=O) groups excluding carboxylic acids is 2. The van der Waals surface area contributed by atoms with Crippen molar-refractivity contribution in [2.45, 2.75) is 38.0 Å². The maximum absolute atomic E-state index is 14.2. The molecule has 0 spiro atoms. The van der Waals surface area contributed by atoms with E-state index >= 15 is 0 Å². The molecule has 0 heterocycles. The fourth-order valence-corrected chi connectivity index (χ4v) is 4.26. The molecule has 1 aliphatic carbocycles. The van der Waals surface area contributed by atoms with Crippen LogP contribution in [0.5, 0.6) is 0 Å². The lowest BCUT2D eigenvalue weighted by Gasteiger charge is -2.23. The Bertz CT molecular complexity index is 834. The zero-order valence-corrected chi connectivity index (χ0v) is 15.3. The molecule has 0 aliphatic heterocycles. The largest absolute Gasteiger partial charge is 0.466 e. The molecule has 1 aliphatic rings. The van der Waals surface area contributed by atoms with Crippen molar-refractivity contribution in [1.29, 1.82) is 0 Å². The number of carbonyl (C=O) groups is 2. The molecule has 1 aromatic rings. The summed E-state index contributed by atoms with van der Waals surface area (Å²) >= 11 is 0. The summed E-state index contributed by atoms with van der Waals surface area (Å²) in [6, 6.07) is 3.77. The first-order chi connectivity index (χ1) is 12.2. The van der Waals surface area contributed by atoms with Gasteiger partial charge in [-0.25, -0.2) is 17.6 Å². The predicted octanol–water partition coefficient (Wildman–Crippen LogP) is 2.28. The van der Waals surface area contributed by atoms with Crippen LogP contribution < -0.4 is 4.72 Å². The fourth-order valence-electron chi connectivity index (χ4n) is 2.64. The van der Waals surface area contributed by atoms with Crippen LogP contribution >= 0.6 is 0 Å². The van der Waals surface area contributed by atoms with Crippen molar-refractivity contribution in [3.63, 3.8) is 0 Å². The van der Waals surface area contributed by atoms with Crippen LogP contribution in [-0.2, 0) is 35.7 Å². The van der Waals surface area contributed by atoms with Crippen LogP contribution in [-0.4, -0.2) is 32.7 Å². The van der Waals surface area contributed by atoms with Crippen molar-refractivity contribution >= 4 is 27.6 Å². The highest BCUT2D eigenvalue weighted by atomic mass is 32.2. The molecule has 9 heteroatoms. The molecule has 26 heavy (non-hydrogen) atoms. The summed E-state index contributed by atoms with van der Waals surface area (Å²) in [5.74, 6) is -2.02. The van der Waals surface area contributed by atoms with Crippen LogP contribution in [0.1, 0.15) is 31.7 Å². The van der Waals surface area contributed by atoms with E-state index in [9.17, 15) is 22.4 Å². The van der Waals surface area contributed by atoms with Gasteiger partial charge in [0.15, 0.2) is 0 Å². The first kappa shape index (κ1) is 19.9. The molecule has 2 rings (SSSR count). The van der Waals surface area contributed by atoms with Gasteiger partial charge in [0.05, 0.1) is 18.4 Å². The Labute approximate surface area is 151 Å². The maximum atomic E-state index is 14.2. The minimum Gasteiger partial charge on any atom is -0.466 e. The van der Waals surface area contributed by atoms with Gasteiger partial charge in [-0.1, -0.05) is 12.1 Å². The van der Waals surface area contributed by atoms with Gasteiger partial charge in [0.1, 0.15) is 17.7 Å². The molecule has 1 atom stereocenters. The zero-order valence-electron chi connectivity index (χ0n) is 14.5. The van der Waals surface area contributed by atoms with Gasteiger partial charge in [0.25, 0.3) is 0 Å². The van der Waals surface area contributed by atoms with Crippen molar-refractivity contribution in [2.75, 3.05) is 11.8 Å². The highest BCUT2D eigenvalue weighted by Crippen LogP contribution is 2.28. The van der Waals surface area contributed by atoms with Gasteiger partial charge in [-0.15, -0.1) is 0 Å². The van der Waals surface area contributed by atoms with E-state index in [1.54, 1.807) is 0 Å². The minimum absolute atomic E-state index is 0.0538. The van der Waals surface area contributed by atoms with E-state index in [4.69, 9.17) is 4.74 Å². The van der Waals surface area contributed by atoms with Gasteiger partial charge in [-0.05, 0) is 37.0 Å². The second-order valence-corrected chi connectivity index (χ2v) is 7.68. The van der Waals surface area contributed by atoms with E-state index in [-0.39, 0.29) is 24.3 Å². The summed E-state index contributed by atoms with van der Waals surface area (Å²) in [6.07, 6.45) is 2.95. The summed E-state index contributed by atoms with van der Waals surface area (Å²) in [5.41, 5.74) is 0.193. The highest BCUT2D eigenvalue weighted by molar-refractivity contribution is 7.93. The predicted molar refractivity (Wildman–Crippen MR) is 92.2 cm³/mol. The second-order valence-electron chi connectivity index (χ2n) is 5.81. The third-order valence-corrected chi connectivity index (χ3v) is 5.65. The van der Waals surface area contributed by atoms with Crippen LogP contribution in [0.25, 0.3) is 0 Å². The lowest BCUT2D eigenvalue weighted by Crippen LogP contribution is -2.34. The fraction of sp³-hybridized carbons (Fsp3) is 0.412. The Hall–Kier alpha value is -2.42. The number of halogens is 1. The highest BCUT2D eigenvalue weighted by Gasteiger charge is 2.35. The number of rotatable bonds is 6. The van der Waals surface area contributed by atoms with Crippen LogP contribution in [0, 0.1) is 5.82 Å². The van der Waals surface area contributed by atoms with Gasteiger partial charge < -0.3 is 9.47 Å². The van der Waals surface area contributed by atoms with Crippen molar-refractivity contribution in [1.82, 2.24) is 0 Å². The smallest absolute Gasteiger partial charge is 0.334 e. The monoisotopic (exact) mass is 385 g/mol. The molecular formula is C17H20FNO6S. The van der Waals surface area contributed by atoms with Gasteiger partial charge in [0.2, 0.25) is 10.0 Å². The van der Waals surface area contributed by atoms with Crippen LogP contribution in [0.3, 0.4) is 0 Å². The number of esters is 2. The molecule has 1 N–H and O–H groups in total. The van der Waals surface area contributed by atoms with Gasteiger partial charge in [-0.3, -0.25) is 9.52 Å². The number of anilines is 1. The molecule has 0 fully saturated rings. The number of methoxy groups -OCH3 is 1. The topological polar surface area (TPSA) is 98.8 Å². The molecule has 0 saturated heterocycles. The Kier molecular flexibility index (Phi) is 6.36. The van der Waals surface area contributed by atoms with Crippen molar-refractivity contribution in [2.24, 2.45) is 0 Å². The number of allylic oxidation sites excluding steroid dienone is 1. The summed E-state index contributed by atoms with van der Waals surface area (Å²) in [4.78, 5) is 22.6. The number of hydrogen-bond donors (Lipinski definition) is 1. The van der Waals surface area contributed by atoms with Crippen LogP contribution in [0.2, 0.25) is 0 Å². The number of hydrogen-bond acceptors (Lipinski definition) is 6. The number of sulfonamides is 1. The Morgan fingerprint density at radius 2 is 2.08 bits per heavy atom. The maximum Gasteiger partial charge on any atom is 0.334 e. The lowest BCUT2D eigenvalue weighted by atomic mass is 9.99. The number of nitrogens with one attached hydrogen (secondary N) is 1. The standard InChI is InChI=1S/C17H20FNO6S/c1-11(20)25-10-12-7-8-15(14(18)9-12)19-26(22,23)16-6-4-3-5-13(16)17(21)24-2/h5,7-9,16,19H,3-4,6,10H2,1-2H3. The SMILES string of the molecule is COC(=O)C1=CCCCC1S(=O)(=O)Nc1ccc(COC(C)=O)cc1F. The van der Waals surface area contributed by atoms with E-state index in [1.807, 2.05) is 0 Å².